The van der Waals surface area contributed by atoms with Crippen LogP contribution in [0.15, 0.2) is 0 Å². The molecule has 0 radical (unpaired) electrons. The lowest BCUT2D eigenvalue weighted by Gasteiger charge is -2.46. The van der Waals surface area contributed by atoms with Crippen molar-refractivity contribution < 1.29 is 10.2 Å². The zero-order valence-corrected chi connectivity index (χ0v) is 9.20. The van der Waals surface area contributed by atoms with Gasteiger partial charge in [0.15, 0.2) is 5.85 Å². The molecule has 2 unspecified atom stereocenters. The molecule has 4 N–H and O–H groups in total. The predicted octanol–water partition coefficient (Wildman–Crippen LogP) is -0.0501. The van der Waals surface area contributed by atoms with E-state index in [0.717, 1.165) is 0 Å². The van der Waals surface area contributed by atoms with Crippen molar-refractivity contribution in [1.29, 1.82) is 0 Å². The quantitative estimate of drug-likeness (QED) is 0.544. The molecule has 0 fully saturated rings. The Bertz CT molecular complexity index is 167. The molecule has 0 saturated heterocycles. The molecule has 80 valence electrons. The van der Waals surface area contributed by atoms with Crippen LogP contribution in [0.4, 0.5) is 0 Å². The minimum atomic E-state index is -1.50. The first-order valence-corrected chi connectivity index (χ1v) is 4.54. The van der Waals surface area contributed by atoms with Crippen LogP contribution in [0.1, 0.15) is 27.2 Å². The van der Waals surface area contributed by atoms with Crippen LogP contribution in [0.5, 0.6) is 0 Å². The van der Waals surface area contributed by atoms with Crippen LogP contribution >= 0.6 is 0 Å². The van der Waals surface area contributed by atoms with Gasteiger partial charge in [-0.1, -0.05) is 20.8 Å². The fourth-order valence-electron chi connectivity index (χ4n) is 1.33. The van der Waals surface area contributed by atoms with E-state index in [1.807, 2.05) is 6.92 Å². The highest BCUT2D eigenvalue weighted by Crippen LogP contribution is 2.33. The van der Waals surface area contributed by atoms with Gasteiger partial charge in [0.05, 0.1) is 6.10 Å². The van der Waals surface area contributed by atoms with Crippen molar-refractivity contribution in [2.24, 2.45) is 11.1 Å². The Balaban J connectivity index is 4.80. The number of nitrogens with two attached hydrogens (primary N) is 1. The van der Waals surface area contributed by atoms with Gasteiger partial charge in [0, 0.05) is 5.41 Å². The molecule has 0 spiro atoms. The Morgan fingerprint density at radius 3 is 2.00 bits per heavy atom. The monoisotopic (exact) mass is 190 g/mol. The number of aliphatic hydroxyl groups is 2. The number of rotatable bonds is 4. The Hall–Kier alpha value is -0.160. The summed E-state index contributed by atoms with van der Waals surface area (Å²) in [6.45, 7) is 5.36. The fourth-order valence-corrected chi connectivity index (χ4v) is 1.33. The van der Waals surface area contributed by atoms with E-state index in [-0.39, 0.29) is 0 Å². The van der Waals surface area contributed by atoms with Gasteiger partial charge in [-0.3, -0.25) is 10.6 Å². The second-order valence-corrected chi connectivity index (χ2v) is 4.27. The second kappa shape index (κ2) is 3.92. The molecule has 0 rings (SSSR count). The number of aliphatic hydroxyl groups excluding tert-OH is 1. The third-order valence-electron chi connectivity index (χ3n) is 2.85. The molecule has 0 heterocycles. The largest absolute Gasteiger partial charge is 0.392 e. The van der Waals surface area contributed by atoms with E-state index in [1.54, 1.807) is 27.9 Å². The summed E-state index contributed by atoms with van der Waals surface area (Å²) < 4.78 is 0. The Labute approximate surface area is 80.3 Å². The zero-order chi connectivity index (χ0) is 10.9. The van der Waals surface area contributed by atoms with Gasteiger partial charge in [-0.25, -0.2) is 0 Å². The van der Waals surface area contributed by atoms with E-state index in [0.29, 0.717) is 6.42 Å². The molecule has 4 nitrogen and oxygen atoms in total. The normalized spacial score (nSPS) is 20.1. The molecule has 0 aliphatic rings. The van der Waals surface area contributed by atoms with Gasteiger partial charge in [0.25, 0.3) is 0 Å². The third kappa shape index (κ3) is 2.20. The summed E-state index contributed by atoms with van der Waals surface area (Å²) in [7, 11) is 3.37. The van der Waals surface area contributed by atoms with Crippen molar-refractivity contribution in [3.63, 3.8) is 0 Å². The smallest absolute Gasteiger partial charge is 0.179 e. The molecule has 0 aliphatic carbocycles. The Morgan fingerprint density at radius 2 is 1.77 bits per heavy atom. The average Bonchev–Trinajstić information content (AvgIpc) is 2.02. The molecule has 0 saturated carbocycles. The molecular formula is C9H22N2O2. The zero-order valence-electron chi connectivity index (χ0n) is 9.20. The first-order valence-electron chi connectivity index (χ1n) is 4.54. The maximum atomic E-state index is 9.96. The lowest BCUT2D eigenvalue weighted by molar-refractivity contribution is -0.197. The maximum absolute atomic E-state index is 9.96. The molecule has 0 aromatic heterocycles. The van der Waals surface area contributed by atoms with Gasteiger partial charge in [0.1, 0.15) is 0 Å². The van der Waals surface area contributed by atoms with Gasteiger partial charge in [-0.2, -0.15) is 0 Å². The van der Waals surface area contributed by atoms with E-state index < -0.39 is 17.4 Å². The van der Waals surface area contributed by atoms with Crippen molar-refractivity contribution >= 4 is 0 Å². The SMILES string of the molecule is CCC(O)C(C)(C)C(N)(O)N(C)C. The molecule has 0 aliphatic heterocycles. The molecule has 0 bridgehead atoms. The fraction of sp³-hybridized carbons (Fsp3) is 1.00. The summed E-state index contributed by atoms with van der Waals surface area (Å²) in [6.07, 6.45) is -0.0507. The van der Waals surface area contributed by atoms with Gasteiger partial charge in [-0.05, 0) is 20.5 Å². The maximum Gasteiger partial charge on any atom is 0.179 e. The number of nitrogens with zero attached hydrogens (tertiary/aromatic N) is 1. The van der Waals surface area contributed by atoms with Crippen LogP contribution in [0.2, 0.25) is 0 Å². The molecular weight excluding hydrogens is 168 g/mol. The minimum Gasteiger partial charge on any atom is -0.392 e. The van der Waals surface area contributed by atoms with E-state index in [1.165, 1.54) is 4.90 Å². The second-order valence-electron chi connectivity index (χ2n) is 4.27. The van der Waals surface area contributed by atoms with Gasteiger partial charge in [0.2, 0.25) is 0 Å². The summed E-state index contributed by atoms with van der Waals surface area (Å²) in [6, 6.07) is 0. The van der Waals surface area contributed by atoms with Crippen molar-refractivity contribution in [3.05, 3.63) is 0 Å². The van der Waals surface area contributed by atoms with E-state index in [2.05, 4.69) is 0 Å². The van der Waals surface area contributed by atoms with Crippen molar-refractivity contribution in [1.82, 2.24) is 4.90 Å². The van der Waals surface area contributed by atoms with Gasteiger partial charge >= 0.3 is 0 Å². The van der Waals surface area contributed by atoms with Crippen molar-refractivity contribution in [3.8, 4) is 0 Å². The van der Waals surface area contributed by atoms with Crippen LogP contribution < -0.4 is 5.73 Å². The van der Waals surface area contributed by atoms with Gasteiger partial charge < -0.3 is 10.2 Å². The van der Waals surface area contributed by atoms with Crippen LogP contribution in [-0.2, 0) is 0 Å². The van der Waals surface area contributed by atoms with Crippen molar-refractivity contribution in [2.45, 2.75) is 39.1 Å². The standard InChI is InChI=1S/C9H22N2O2/c1-6-7(12)8(2,3)9(10,13)11(4)5/h7,12-13H,6,10H2,1-5H3. The van der Waals surface area contributed by atoms with Crippen molar-refractivity contribution in [2.75, 3.05) is 14.1 Å². The molecule has 4 heteroatoms. The number of hydrogen-bond acceptors (Lipinski definition) is 4. The van der Waals surface area contributed by atoms with Crippen LogP contribution in [0.25, 0.3) is 0 Å². The first-order chi connectivity index (χ1) is 5.67. The lowest BCUT2D eigenvalue weighted by atomic mass is 9.79. The van der Waals surface area contributed by atoms with E-state index in [4.69, 9.17) is 5.73 Å². The van der Waals surface area contributed by atoms with Crippen LogP contribution in [-0.4, -0.2) is 41.2 Å². The highest BCUT2D eigenvalue weighted by atomic mass is 16.3. The van der Waals surface area contributed by atoms with Crippen LogP contribution in [0, 0.1) is 5.41 Å². The topological polar surface area (TPSA) is 69.7 Å². The summed E-state index contributed by atoms with van der Waals surface area (Å²) in [4.78, 5) is 1.51. The summed E-state index contributed by atoms with van der Waals surface area (Å²) >= 11 is 0. The predicted molar refractivity (Wildman–Crippen MR) is 52.9 cm³/mol. The molecule has 0 amide bonds. The average molecular weight is 190 g/mol. The highest BCUT2D eigenvalue weighted by Gasteiger charge is 2.46. The molecule has 13 heavy (non-hydrogen) atoms. The first kappa shape index (κ1) is 12.8. The Morgan fingerprint density at radius 1 is 1.38 bits per heavy atom. The number of hydrogen-bond donors (Lipinski definition) is 3. The minimum absolute atomic E-state index is 0.570. The molecule has 2 atom stereocenters. The highest BCUT2D eigenvalue weighted by molar-refractivity contribution is 4.91. The van der Waals surface area contributed by atoms with Crippen LogP contribution in [0.3, 0.4) is 0 Å². The summed E-state index contributed by atoms with van der Waals surface area (Å²) in [5, 5.41) is 19.7. The summed E-state index contributed by atoms with van der Waals surface area (Å²) in [5.74, 6) is -1.50. The lowest BCUT2D eigenvalue weighted by Crippen LogP contribution is -2.65. The Kier molecular flexibility index (Phi) is 3.87. The third-order valence-corrected chi connectivity index (χ3v) is 2.85. The van der Waals surface area contributed by atoms with E-state index in [9.17, 15) is 10.2 Å². The van der Waals surface area contributed by atoms with Gasteiger partial charge in [-0.15, -0.1) is 0 Å². The van der Waals surface area contributed by atoms with E-state index >= 15 is 0 Å². The molecule has 0 aromatic rings. The molecule has 0 aromatic carbocycles. The summed E-state index contributed by atoms with van der Waals surface area (Å²) in [5.41, 5.74) is 4.98.